The van der Waals surface area contributed by atoms with Crippen molar-refractivity contribution in [2.75, 3.05) is 0 Å². The van der Waals surface area contributed by atoms with E-state index in [1.807, 2.05) is 0 Å². The fourth-order valence-electron chi connectivity index (χ4n) is 0.514. The van der Waals surface area contributed by atoms with E-state index in [4.69, 9.17) is 11.6 Å². The molecule has 0 N–H and O–H groups in total. The number of pyridine rings is 1. The van der Waals surface area contributed by atoms with Crippen LogP contribution in [0.4, 0.5) is 5.69 Å². The van der Waals surface area contributed by atoms with Crippen molar-refractivity contribution in [3.63, 3.8) is 0 Å². The number of thiocarbonyl (C=S) groups is 1. The molecule has 0 aromatic carbocycles. The first-order valence-corrected chi connectivity index (χ1v) is 3.31. The van der Waals surface area contributed by atoms with Crippen molar-refractivity contribution in [1.29, 1.82) is 0 Å². The molecule has 2 nitrogen and oxygen atoms in total. The Balaban J connectivity index is 3.06. The van der Waals surface area contributed by atoms with Gasteiger partial charge in [0.05, 0.1) is 10.8 Å². The third-order valence-corrected chi connectivity index (χ3v) is 1.18. The Labute approximate surface area is 68.6 Å². The zero-order valence-electron chi connectivity index (χ0n) is 4.91. The number of nitrogens with zero attached hydrogens (tertiary/aromatic N) is 2. The molecule has 0 atom stereocenters. The van der Waals surface area contributed by atoms with Crippen molar-refractivity contribution in [3.8, 4) is 0 Å². The van der Waals surface area contributed by atoms with Crippen LogP contribution >= 0.6 is 23.8 Å². The molecule has 10 heavy (non-hydrogen) atoms. The number of rotatable bonds is 1. The third-order valence-electron chi connectivity index (χ3n) is 0.885. The molecule has 1 aromatic rings. The van der Waals surface area contributed by atoms with E-state index in [0.29, 0.717) is 10.8 Å². The Kier molecular flexibility index (Phi) is 2.51. The van der Waals surface area contributed by atoms with E-state index in [0.717, 1.165) is 0 Å². The van der Waals surface area contributed by atoms with Crippen molar-refractivity contribution >= 4 is 34.7 Å². The number of hydrogen-bond acceptors (Lipinski definition) is 3. The second kappa shape index (κ2) is 3.42. The minimum atomic E-state index is 0.409. The maximum absolute atomic E-state index is 5.55. The van der Waals surface area contributed by atoms with Gasteiger partial charge in [0.15, 0.2) is 0 Å². The first-order valence-electron chi connectivity index (χ1n) is 2.52. The van der Waals surface area contributed by atoms with E-state index in [1.54, 1.807) is 18.3 Å². The minimum absolute atomic E-state index is 0.409. The molecule has 1 aromatic heterocycles. The van der Waals surface area contributed by atoms with Gasteiger partial charge in [-0.2, -0.15) is 4.99 Å². The molecule has 0 unspecified atom stereocenters. The lowest BCUT2D eigenvalue weighted by molar-refractivity contribution is 1.32. The van der Waals surface area contributed by atoms with Crippen molar-refractivity contribution in [2.45, 2.75) is 0 Å². The molecular weight excluding hydrogens is 168 g/mol. The lowest BCUT2D eigenvalue weighted by Crippen LogP contribution is -1.70. The first kappa shape index (κ1) is 7.35. The van der Waals surface area contributed by atoms with Crippen molar-refractivity contribution in [3.05, 3.63) is 23.5 Å². The standard InChI is InChI=1S/C6H3ClN2S/c7-6-3-5(9-4-10)1-2-8-6/h1-3H. The number of isothiocyanates is 1. The second-order valence-corrected chi connectivity index (χ2v) is 2.11. The SMILES string of the molecule is S=C=Nc1ccnc(Cl)c1. The highest BCUT2D eigenvalue weighted by Gasteiger charge is 1.88. The smallest absolute Gasteiger partial charge is 0.131 e. The van der Waals surface area contributed by atoms with E-state index >= 15 is 0 Å². The highest BCUT2D eigenvalue weighted by Crippen LogP contribution is 2.13. The molecule has 50 valence electrons. The summed E-state index contributed by atoms with van der Waals surface area (Å²) in [6.07, 6.45) is 1.56. The van der Waals surface area contributed by atoms with Crippen LogP contribution in [0, 0.1) is 0 Å². The molecule has 0 aliphatic rings. The molecular formula is C6H3ClN2S. The summed E-state index contributed by atoms with van der Waals surface area (Å²) in [4.78, 5) is 7.47. The van der Waals surface area contributed by atoms with Crippen molar-refractivity contribution in [2.24, 2.45) is 4.99 Å². The zero-order valence-corrected chi connectivity index (χ0v) is 6.49. The van der Waals surface area contributed by atoms with Crippen LogP contribution < -0.4 is 0 Å². The average molecular weight is 171 g/mol. The topological polar surface area (TPSA) is 25.2 Å². The predicted molar refractivity (Wildman–Crippen MR) is 43.9 cm³/mol. The van der Waals surface area contributed by atoms with Gasteiger partial charge in [-0.05, 0) is 18.3 Å². The molecule has 0 saturated heterocycles. The van der Waals surface area contributed by atoms with Crippen LogP contribution in [0.5, 0.6) is 0 Å². The Morgan fingerprint density at radius 1 is 1.70 bits per heavy atom. The summed E-state index contributed by atoms with van der Waals surface area (Å²) < 4.78 is 0. The van der Waals surface area contributed by atoms with Crippen molar-refractivity contribution < 1.29 is 0 Å². The highest BCUT2D eigenvalue weighted by molar-refractivity contribution is 7.78. The maximum atomic E-state index is 5.55. The third kappa shape index (κ3) is 1.88. The quantitative estimate of drug-likeness (QED) is 0.368. The number of aliphatic imine (C=N–C) groups is 1. The molecule has 0 radical (unpaired) electrons. The predicted octanol–water partition coefficient (Wildman–Crippen LogP) is 2.47. The molecule has 0 aliphatic heterocycles. The Morgan fingerprint density at radius 3 is 3.10 bits per heavy atom. The van der Waals surface area contributed by atoms with Gasteiger partial charge in [0.25, 0.3) is 0 Å². The van der Waals surface area contributed by atoms with Gasteiger partial charge in [-0.1, -0.05) is 11.6 Å². The Hall–Kier alpha value is -0.760. The molecule has 0 aliphatic carbocycles. The molecule has 0 saturated carbocycles. The van der Waals surface area contributed by atoms with Gasteiger partial charge in [0.2, 0.25) is 0 Å². The van der Waals surface area contributed by atoms with Gasteiger partial charge in [-0.25, -0.2) is 4.98 Å². The maximum Gasteiger partial charge on any atom is 0.131 e. The van der Waals surface area contributed by atoms with Crippen LogP contribution in [0.15, 0.2) is 23.3 Å². The molecule has 0 spiro atoms. The van der Waals surface area contributed by atoms with Gasteiger partial charge < -0.3 is 0 Å². The summed E-state index contributed by atoms with van der Waals surface area (Å²) in [7, 11) is 0. The average Bonchev–Trinajstić information content (AvgIpc) is 1.88. The van der Waals surface area contributed by atoms with Gasteiger partial charge in [-0.3, -0.25) is 0 Å². The van der Waals surface area contributed by atoms with Crippen LogP contribution in [0.1, 0.15) is 0 Å². The van der Waals surface area contributed by atoms with Gasteiger partial charge in [0, 0.05) is 12.3 Å². The van der Waals surface area contributed by atoms with E-state index in [9.17, 15) is 0 Å². The summed E-state index contributed by atoms with van der Waals surface area (Å²) in [6.45, 7) is 0. The minimum Gasteiger partial charge on any atom is -0.244 e. The monoisotopic (exact) mass is 170 g/mol. The summed E-state index contributed by atoms with van der Waals surface area (Å²) in [6, 6.07) is 3.31. The van der Waals surface area contributed by atoms with Gasteiger partial charge >= 0.3 is 0 Å². The van der Waals surface area contributed by atoms with Crippen LogP contribution in [-0.4, -0.2) is 10.1 Å². The molecule has 0 amide bonds. The van der Waals surface area contributed by atoms with E-state index in [-0.39, 0.29) is 0 Å². The summed E-state index contributed by atoms with van der Waals surface area (Å²) in [5.41, 5.74) is 0.676. The summed E-state index contributed by atoms with van der Waals surface area (Å²) >= 11 is 9.94. The molecule has 1 heterocycles. The molecule has 4 heteroatoms. The Morgan fingerprint density at radius 2 is 2.50 bits per heavy atom. The number of aromatic nitrogens is 1. The van der Waals surface area contributed by atoms with Crippen LogP contribution in [0.3, 0.4) is 0 Å². The molecule has 0 fully saturated rings. The normalized spacial score (nSPS) is 8.50. The molecule has 1 rings (SSSR count). The zero-order chi connectivity index (χ0) is 7.40. The molecule has 0 bridgehead atoms. The highest BCUT2D eigenvalue weighted by atomic mass is 35.5. The summed E-state index contributed by atoms with van der Waals surface area (Å²) in [5, 5.41) is 2.64. The van der Waals surface area contributed by atoms with Crippen LogP contribution in [0.25, 0.3) is 0 Å². The van der Waals surface area contributed by atoms with Crippen molar-refractivity contribution in [1.82, 2.24) is 4.98 Å². The fourth-order valence-corrected chi connectivity index (χ4v) is 0.788. The first-order chi connectivity index (χ1) is 4.83. The van der Waals surface area contributed by atoms with Crippen LogP contribution in [0.2, 0.25) is 5.15 Å². The second-order valence-electron chi connectivity index (χ2n) is 1.54. The largest absolute Gasteiger partial charge is 0.244 e. The Bertz CT molecular complexity index is 281. The van der Waals surface area contributed by atoms with Gasteiger partial charge in [0.1, 0.15) is 5.15 Å². The van der Waals surface area contributed by atoms with E-state index in [2.05, 4.69) is 27.4 Å². The number of halogens is 1. The lowest BCUT2D eigenvalue weighted by atomic mass is 10.4. The van der Waals surface area contributed by atoms with Gasteiger partial charge in [-0.15, -0.1) is 0 Å². The van der Waals surface area contributed by atoms with E-state index < -0.39 is 0 Å². The lowest BCUT2D eigenvalue weighted by Gasteiger charge is -1.88. The number of hydrogen-bond donors (Lipinski definition) is 0. The van der Waals surface area contributed by atoms with E-state index in [1.165, 1.54) is 0 Å². The van der Waals surface area contributed by atoms with Crippen LogP contribution in [-0.2, 0) is 0 Å². The fraction of sp³-hybridized carbons (Fsp3) is 0. The summed E-state index contributed by atoms with van der Waals surface area (Å²) in [5.74, 6) is 0.